The lowest BCUT2D eigenvalue weighted by molar-refractivity contribution is -0.176. The molecule has 40 heavy (non-hydrogen) atoms. The molecule has 0 saturated carbocycles. The topological polar surface area (TPSA) is 143 Å². The fourth-order valence-corrected chi connectivity index (χ4v) is 7.08. The second-order valence-electron chi connectivity index (χ2n) is 11.0. The number of hydrogen-bond donors (Lipinski definition) is 3. The number of carboxylic acid groups (broad SMARTS) is 1. The SMILES string of the molecule is CN1CCC23c4c5ccc(CO)c4OC2C(OC(=O)[C@@H](OC(=O)CCC(=O)O)c2ccccc2)=CC[C@@]3(O)[C@H]1C5. The van der Waals surface area contributed by atoms with Crippen LogP contribution in [0.4, 0.5) is 0 Å². The predicted molar refractivity (Wildman–Crippen MR) is 139 cm³/mol. The van der Waals surface area contributed by atoms with Crippen LogP contribution >= 0.6 is 0 Å². The summed E-state index contributed by atoms with van der Waals surface area (Å²) >= 11 is 0. The van der Waals surface area contributed by atoms with Gasteiger partial charge in [-0.15, -0.1) is 0 Å². The maximum atomic E-state index is 13.6. The van der Waals surface area contributed by atoms with Crippen molar-refractivity contribution in [2.24, 2.45) is 0 Å². The average molecular weight is 550 g/mol. The molecular weight excluding hydrogens is 518 g/mol. The number of benzene rings is 2. The zero-order valence-electron chi connectivity index (χ0n) is 22.0. The van der Waals surface area contributed by atoms with E-state index in [0.29, 0.717) is 36.3 Å². The zero-order chi connectivity index (χ0) is 28.2. The standard InChI is InChI=1S/C30H31NO9/c1-31-14-13-29-24-18-7-8-19(16-32)25(24)40-27(29)20(11-12-30(29,37)21(31)15-18)38-28(36)26(17-5-3-2-4-6-17)39-23(35)10-9-22(33)34/h2-8,11,21,26-27,32,37H,9-10,12-16H2,1H3,(H,33,34)/t21-,26+,27?,29?,30-/m1/s1. The van der Waals surface area contributed by atoms with E-state index < -0.39 is 54.0 Å². The number of hydrogen-bond acceptors (Lipinski definition) is 9. The third-order valence-electron chi connectivity index (χ3n) is 8.95. The van der Waals surface area contributed by atoms with Crippen LogP contribution in [-0.2, 0) is 42.3 Å². The largest absolute Gasteiger partial charge is 0.481 e. The highest BCUT2D eigenvalue weighted by Gasteiger charge is 2.72. The molecule has 0 aromatic heterocycles. The first kappa shape index (κ1) is 26.5. The van der Waals surface area contributed by atoms with Crippen LogP contribution in [0.3, 0.4) is 0 Å². The van der Waals surface area contributed by atoms with Crippen molar-refractivity contribution in [2.45, 2.75) is 68.0 Å². The Balaban J connectivity index is 1.36. The number of ether oxygens (including phenoxy) is 3. The summed E-state index contributed by atoms with van der Waals surface area (Å²) in [6.07, 6.45) is 0.00575. The third kappa shape index (κ3) is 3.85. The highest BCUT2D eigenvalue weighted by molar-refractivity contribution is 5.83. The fraction of sp³-hybridized carbons (Fsp3) is 0.433. The summed E-state index contributed by atoms with van der Waals surface area (Å²) in [5.41, 5.74) is 0.815. The van der Waals surface area contributed by atoms with Gasteiger partial charge in [-0.1, -0.05) is 42.5 Å². The molecule has 2 heterocycles. The van der Waals surface area contributed by atoms with E-state index in [0.717, 1.165) is 11.1 Å². The Hall–Kier alpha value is -3.73. The molecule has 3 N–H and O–H groups in total. The van der Waals surface area contributed by atoms with Crippen LogP contribution in [0.25, 0.3) is 0 Å². The second-order valence-corrected chi connectivity index (χ2v) is 11.0. The Morgan fingerprint density at radius 2 is 1.93 bits per heavy atom. The molecule has 0 radical (unpaired) electrons. The van der Waals surface area contributed by atoms with Gasteiger partial charge in [-0.25, -0.2) is 4.79 Å². The summed E-state index contributed by atoms with van der Waals surface area (Å²) in [7, 11) is 2.00. The van der Waals surface area contributed by atoms with Crippen molar-refractivity contribution < 1.29 is 43.9 Å². The van der Waals surface area contributed by atoms with Crippen molar-refractivity contribution in [3.8, 4) is 5.75 Å². The van der Waals surface area contributed by atoms with Gasteiger partial charge in [-0.05, 0) is 38.1 Å². The van der Waals surface area contributed by atoms with Crippen molar-refractivity contribution in [3.05, 3.63) is 76.6 Å². The number of likely N-dealkylation sites (N-methyl/N-ethyl adjacent to an activating group) is 1. The van der Waals surface area contributed by atoms with Gasteiger partial charge in [-0.3, -0.25) is 9.59 Å². The predicted octanol–water partition coefficient (Wildman–Crippen LogP) is 2.15. The number of carbonyl (C=O) groups excluding carboxylic acids is 2. The number of likely N-dealkylation sites (tertiary alicyclic amines) is 1. The van der Waals surface area contributed by atoms with Crippen LogP contribution in [-0.4, -0.2) is 69.5 Å². The highest BCUT2D eigenvalue weighted by Crippen LogP contribution is 2.64. The normalized spacial score (nSPS) is 28.5. The minimum absolute atomic E-state index is 0.175. The average Bonchev–Trinajstić information content (AvgIpc) is 3.30. The number of aliphatic hydroxyl groups is 2. The van der Waals surface area contributed by atoms with Crippen molar-refractivity contribution in [2.75, 3.05) is 13.6 Å². The summed E-state index contributed by atoms with van der Waals surface area (Å²) in [4.78, 5) is 39.1. The summed E-state index contributed by atoms with van der Waals surface area (Å²) < 4.78 is 17.9. The van der Waals surface area contributed by atoms with Gasteiger partial charge in [-0.2, -0.15) is 0 Å². The first-order valence-electron chi connectivity index (χ1n) is 13.4. The number of aliphatic carboxylic acids is 1. The smallest absolute Gasteiger partial charge is 0.357 e. The molecule has 2 aromatic carbocycles. The first-order chi connectivity index (χ1) is 19.2. The molecule has 0 amide bonds. The lowest BCUT2D eigenvalue weighted by Gasteiger charge is -2.61. The van der Waals surface area contributed by atoms with Gasteiger partial charge in [0.05, 0.1) is 30.5 Å². The van der Waals surface area contributed by atoms with Gasteiger partial charge in [0.15, 0.2) is 6.10 Å². The lowest BCUT2D eigenvalue weighted by Crippen LogP contribution is -2.74. The van der Waals surface area contributed by atoms with Gasteiger partial charge >= 0.3 is 17.9 Å². The zero-order valence-corrected chi connectivity index (χ0v) is 22.0. The maximum Gasteiger partial charge on any atom is 0.357 e. The van der Waals surface area contributed by atoms with Crippen molar-refractivity contribution >= 4 is 17.9 Å². The Kier molecular flexibility index (Phi) is 6.44. The molecule has 2 unspecified atom stereocenters. The number of aliphatic hydroxyl groups excluding tert-OH is 1. The van der Waals surface area contributed by atoms with E-state index in [9.17, 15) is 24.6 Å². The Labute approximate surface area is 230 Å². The van der Waals surface area contributed by atoms with Gasteiger partial charge in [0, 0.05) is 29.2 Å². The molecule has 1 fully saturated rings. The van der Waals surface area contributed by atoms with E-state index in [1.807, 2.05) is 19.2 Å². The van der Waals surface area contributed by atoms with E-state index in [2.05, 4.69) is 4.90 Å². The van der Waals surface area contributed by atoms with E-state index >= 15 is 0 Å². The monoisotopic (exact) mass is 549 g/mol. The summed E-state index contributed by atoms with van der Waals surface area (Å²) in [5, 5.41) is 31.3. The van der Waals surface area contributed by atoms with Crippen LogP contribution in [0.1, 0.15) is 54.0 Å². The number of rotatable bonds is 8. The van der Waals surface area contributed by atoms with Gasteiger partial charge < -0.3 is 34.4 Å². The minimum Gasteiger partial charge on any atom is -0.481 e. The molecule has 10 heteroatoms. The van der Waals surface area contributed by atoms with Crippen molar-refractivity contribution in [3.63, 3.8) is 0 Å². The second kappa shape index (κ2) is 9.72. The van der Waals surface area contributed by atoms with Crippen LogP contribution in [0.2, 0.25) is 0 Å². The Morgan fingerprint density at radius 3 is 2.65 bits per heavy atom. The summed E-state index contributed by atoms with van der Waals surface area (Å²) in [6.45, 7) is 0.457. The molecule has 10 nitrogen and oxygen atoms in total. The van der Waals surface area contributed by atoms with Gasteiger partial charge in [0.25, 0.3) is 0 Å². The molecule has 2 aliphatic carbocycles. The van der Waals surface area contributed by atoms with Crippen LogP contribution in [0.5, 0.6) is 5.75 Å². The molecule has 1 spiro atoms. The number of nitrogens with zero attached hydrogens (tertiary/aromatic N) is 1. The summed E-state index contributed by atoms with van der Waals surface area (Å²) in [6, 6.07) is 12.0. The number of carbonyl (C=O) groups is 3. The molecule has 6 rings (SSSR count). The van der Waals surface area contributed by atoms with Gasteiger partial charge in [0.2, 0.25) is 6.10 Å². The number of carboxylic acids is 1. The first-order valence-corrected chi connectivity index (χ1v) is 13.4. The van der Waals surface area contributed by atoms with Crippen LogP contribution in [0.15, 0.2) is 54.3 Å². The number of esters is 2. The van der Waals surface area contributed by atoms with Crippen LogP contribution in [0, 0.1) is 0 Å². The molecule has 2 aromatic rings. The maximum absolute atomic E-state index is 13.6. The molecule has 210 valence electrons. The van der Waals surface area contributed by atoms with Crippen molar-refractivity contribution in [1.82, 2.24) is 4.90 Å². The van der Waals surface area contributed by atoms with E-state index in [1.54, 1.807) is 36.4 Å². The van der Waals surface area contributed by atoms with Crippen LogP contribution < -0.4 is 4.74 Å². The number of piperidine rings is 1. The third-order valence-corrected chi connectivity index (χ3v) is 8.95. The van der Waals surface area contributed by atoms with Crippen molar-refractivity contribution in [1.29, 1.82) is 0 Å². The Bertz CT molecular complexity index is 1410. The Morgan fingerprint density at radius 1 is 1.15 bits per heavy atom. The minimum atomic E-state index is -1.43. The fourth-order valence-electron chi connectivity index (χ4n) is 7.08. The van der Waals surface area contributed by atoms with Gasteiger partial charge in [0.1, 0.15) is 11.5 Å². The molecule has 1 saturated heterocycles. The molecule has 2 bridgehead atoms. The van der Waals surface area contributed by atoms with E-state index in [-0.39, 0.29) is 24.8 Å². The highest BCUT2D eigenvalue weighted by atomic mass is 16.6. The lowest BCUT2D eigenvalue weighted by atomic mass is 9.50. The molecular formula is C30H31NO9. The van der Waals surface area contributed by atoms with E-state index in [4.69, 9.17) is 19.3 Å². The quantitative estimate of drug-likeness (QED) is 0.419. The molecule has 4 aliphatic rings. The summed E-state index contributed by atoms with van der Waals surface area (Å²) in [5.74, 6) is -2.11. The van der Waals surface area contributed by atoms with E-state index in [1.165, 1.54) is 0 Å². The molecule has 5 atom stereocenters. The molecule has 2 aliphatic heterocycles.